The van der Waals surface area contributed by atoms with Crippen molar-refractivity contribution in [1.29, 1.82) is 0 Å². The number of amides is 1. The average molecular weight is 446 g/mol. The van der Waals surface area contributed by atoms with Crippen molar-refractivity contribution in [3.63, 3.8) is 0 Å². The van der Waals surface area contributed by atoms with Gasteiger partial charge in [0, 0.05) is 41.3 Å². The predicted octanol–water partition coefficient (Wildman–Crippen LogP) is 4.90. The Morgan fingerprint density at radius 1 is 1.13 bits per heavy atom. The molecule has 0 saturated heterocycles. The molecule has 0 aliphatic carbocycles. The molecule has 0 saturated carbocycles. The number of hydrogen-bond acceptors (Lipinski definition) is 3. The van der Waals surface area contributed by atoms with Crippen LogP contribution in [0.1, 0.15) is 36.1 Å². The maximum atomic E-state index is 13.0. The molecular formula is C23H25Cl2N3O2. The second-order valence-electron chi connectivity index (χ2n) is 7.18. The molecule has 30 heavy (non-hydrogen) atoms. The van der Waals surface area contributed by atoms with E-state index in [2.05, 4.69) is 5.10 Å². The van der Waals surface area contributed by atoms with Gasteiger partial charge in [0.1, 0.15) is 0 Å². The monoisotopic (exact) mass is 445 g/mol. The molecule has 0 aliphatic rings. The van der Waals surface area contributed by atoms with Crippen molar-refractivity contribution in [1.82, 2.24) is 14.7 Å². The lowest BCUT2D eigenvalue weighted by molar-refractivity contribution is -0.133. The van der Waals surface area contributed by atoms with Crippen LogP contribution >= 0.6 is 23.2 Å². The number of aryl methyl sites for hydroxylation is 2. The van der Waals surface area contributed by atoms with Gasteiger partial charge in [0.25, 0.3) is 0 Å². The van der Waals surface area contributed by atoms with Crippen LogP contribution in [0.5, 0.6) is 0 Å². The van der Waals surface area contributed by atoms with Gasteiger partial charge >= 0.3 is 0 Å². The van der Waals surface area contributed by atoms with E-state index in [0.29, 0.717) is 35.0 Å². The van der Waals surface area contributed by atoms with E-state index in [1.54, 1.807) is 21.8 Å². The van der Waals surface area contributed by atoms with Gasteiger partial charge in [0.05, 0.1) is 18.8 Å². The van der Waals surface area contributed by atoms with E-state index in [0.717, 1.165) is 17.7 Å². The van der Waals surface area contributed by atoms with Crippen molar-refractivity contribution in [2.45, 2.75) is 39.0 Å². The van der Waals surface area contributed by atoms with Gasteiger partial charge in [0.2, 0.25) is 5.91 Å². The number of aromatic nitrogens is 2. The lowest BCUT2D eigenvalue weighted by Crippen LogP contribution is -2.34. The zero-order chi connectivity index (χ0) is 21.5. The van der Waals surface area contributed by atoms with Crippen LogP contribution in [0.25, 0.3) is 0 Å². The molecule has 3 rings (SSSR count). The lowest BCUT2D eigenvalue weighted by Gasteiger charge is -2.25. The zero-order valence-electron chi connectivity index (χ0n) is 16.8. The first kappa shape index (κ1) is 22.3. The van der Waals surface area contributed by atoms with E-state index in [1.807, 2.05) is 55.6 Å². The van der Waals surface area contributed by atoms with Crippen LogP contribution in [0.4, 0.5) is 0 Å². The Morgan fingerprint density at radius 3 is 2.47 bits per heavy atom. The van der Waals surface area contributed by atoms with Crippen LogP contribution in [0.15, 0.2) is 60.9 Å². The van der Waals surface area contributed by atoms with Crippen molar-refractivity contribution in [2.75, 3.05) is 6.54 Å². The highest BCUT2D eigenvalue weighted by atomic mass is 35.5. The van der Waals surface area contributed by atoms with E-state index in [4.69, 9.17) is 23.2 Å². The summed E-state index contributed by atoms with van der Waals surface area (Å²) in [6.45, 7) is 3.33. The number of rotatable bonds is 9. The second-order valence-corrected chi connectivity index (χ2v) is 8.06. The quantitative estimate of drug-likeness (QED) is 0.509. The van der Waals surface area contributed by atoms with Crippen LogP contribution in [0, 0.1) is 0 Å². The predicted molar refractivity (Wildman–Crippen MR) is 120 cm³/mol. The van der Waals surface area contributed by atoms with Gasteiger partial charge in [-0.2, -0.15) is 5.10 Å². The van der Waals surface area contributed by atoms with E-state index in [9.17, 15) is 9.90 Å². The van der Waals surface area contributed by atoms with Gasteiger partial charge in [-0.15, -0.1) is 0 Å². The summed E-state index contributed by atoms with van der Waals surface area (Å²) in [7, 11) is 0. The third-order valence-corrected chi connectivity index (χ3v) is 5.31. The molecule has 1 amide bonds. The van der Waals surface area contributed by atoms with E-state index in [-0.39, 0.29) is 12.5 Å². The molecule has 1 heterocycles. The lowest BCUT2D eigenvalue weighted by atomic mass is 10.1. The summed E-state index contributed by atoms with van der Waals surface area (Å²) in [6, 6.07) is 15.1. The van der Waals surface area contributed by atoms with E-state index < -0.39 is 6.10 Å². The first-order valence-corrected chi connectivity index (χ1v) is 10.7. The summed E-state index contributed by atoms with van der Waals surface area (Å²) in [6.07, 6.45) is 3.47. The summed E-state index contributed by atoms with van der Waals surface area (Å²) in [5.41, 5.74) is 2.61. The first-order chi connectivity index (χ1) is 14.4. The standard InChI is InChI=1S/C23H25Cl2N3O2/c1-2-28-15-19(13-26-28)22(29)16-27(14-17-6-4-3-5-7-17)23(30)9-8-18-10-20(24)12-21(25)11-18/h3-7,10-13,15,22,29H,2,8-9,14,16H2,1H3. The number of benzene rings is 2. The molecule has 0 spiro atoms. The minimum Gasteiger partial charge on any atom is -0.386 e. The molecule has 1 aromatic heterocycles. The molecule has 1 atom stereocenters. The third kappa shape index (κ3) is 6.33. The van der Waals surface area contributed by atoms with Gasteiger partial charge in [-0.3, -0.25) is 9.48 Å². The highest BCUT2D eigenvalue weighted by molar-refractivity contribution is 6.34. The fourth-order valence-electron chi connectivity index (χ4n) is 3.26. The minimum atomic E-state index is -0.807. The Hall–Kier alpha value is -2.34. The SMILES string of the molecule is CCn1cc(C(O)CN(Cc2ccccc2)C(=O)CCc2cc(Cl)cc(Cl)c2)cn1. The molecule has 0 aliphatic heterocycles. The largest absolute Gasteiger partial charge is 0.386 e. The average Bonchev–Trinajstić information content (AvgIpc) is 3.21. The van der Waals surface area contributed by atoms with Crippen molar-refractivity contribution in [2.24, 2.45) is 0 Å². The topological polar surface area (TPSA) is 58.4 Å². The Morgan fingerprint density at radius 2 is 1.83 bits per heavy atom. The van der Waals surface area contributed by atoms with Crippen LogP contribution in [-0.2, 0) is 24.3 Å². The maximum absolute atomic E-state index is 13.0. The molecule has 0 radical (unpaired) electrons. The number of nitrogens with zero attached hydrogens (tertiary/aromatic N) is 3. The molecule has 1 N–H and O–H groups in total. The molecule has 158 valence electrons. The molecular weight excluding hydrogens is 421 g/mol. The molecule has 3 aromatic rings. The Labute approximate surface area is 186 Å². The normalized spacial score (nSPS) is 12.0. The number of carbonyl (C=O) groups excluding carboxylic acids is 1. The molecule has 0 bridgehead atoms. The number of aliphatic hydroxyl groups is 1. The highest BCUT2D eigenvalue weighted by Crippen LogP contribution is 2.21. The fraction of sp³-hybridized carbons (Fsp3) is 0.304. The second kappa shape index (κ2) is 10.6. The summed E-state index contributed by atoms with van der Waals surface area (Å²) in [4.78, 5) is 14.7. The van der Waals surface area contributed by atoms with Crippen molar-refractivity contribution < 1.29 is 9.90 Å². The highest BCUT2D eigenvalue weighted by Gasteiger charge is 2.20. The minimum absolute atomic E-state index is 0.0446. The number of halogens is 2. The van der Waals surface area contributed by atoms with Gasteiger partial charge in [0.15, 0.2) is 0 Å². The number of aliphatic hydroxyl groups excluding tert-OH is 1. The zero-order valence-corrected chi connectivity index (χ0v) is 18.4. The molecule has 1 unspecified atom stereocenters. The Kier molecular flexibility index (Phi) is 7.91. The summed E-state index contributed by atoms with van der Waals surface area (Å²) in [5, 5.41) is 16.0. The summed E-state index contributed by atoms with van der Waals surface area (Å²) < 4.78 is 1.75. The summed E-state index contributed by atoms with van der Waals surface area (Å²) >= 11 is 12.1. The first-order valence-electron chi connectivity index (χ1n) is 9.91. The molecule has 5 nitrogen and oxygen atoms in total. The number of carbonyl (C=O) groups is 1. The van der Waals surface area contributed by atoms with Gasteiger partial charge in [-0.25, -0.2) is 0 Å². The van der Waals surface area contributed by atoms with Crippen LogP contribution < -0.4 is 0 Å². The van der Waals surface area contributed by atoms with Gasteiger partial charge in [-0.1, -0.05) is 53.5 Å². The van der Waals surface area contributed by atoms with Crippen LogP contribution in [0.3, 0.4) is 0 Å². The van der Waals surface area contributed by atoms with Crippen LogP contribution in [0.2, 0.25) is 10.0 Å². The van der Waals surface area contributed by atoms with Crippen molar-refractivity contribution in [3.05, 3.63) is 87.7 Å². The maximum Gasteiger partial charge on any atom is 0.223 e. The van der Waals surface area contributed by atoms with Crippen molar-refractivity contribution >= 4 is 29.1 Å². The Bertz CT molecular complexity index is 955. The van der Waals surface area contributed by atoms with Crippen molar-refractivity contribution in [3.8, 4) is 0 Å². The molecule has 0 fully saturated rings. The smallest absolute Gasteiger partial charge is 0.223 e. The summed E-state index contributed by atoms with van der Waals surface area (Å²) in [5.74, 6) is -0.0446. The van der Waals surface area contributed by atoms with E-state index >= 15 is 0 Å². The molecule has 7 heteroatoms. The molecule has 2 aromatic carbocycles. The van der Waals surface area contributed by atoms with Gasteiger partial charge in [-0.05, 0) is 42.7 Å². The van der Waals surface area contributed by atoms with Gasteiger partial charge < -0.3 is 10.0 Å². The van der Waals surface area contributed by atoms with Crippen LogP contribution in [-0.4, -0.2) is 32.2 Å². The third-order valence-electron chi connectivity index (χ3n) is 4.87. The Balaban J connectivity index is 1.71. The van der Waals surface area contributed by atoms with E-state index in [1.165, 1.54) is 0 Å². The fourth-order valence-corrected chi connectivity index (χ4v) is 3.83. The number of hydrogen-bond donors (Lipinski definition) is 1.